The minimum Gasteiger partial charge on any atom is -0.480 e. The highest BCUT2D eigenvalue weighted by Crippen LogP contribution is 2.12. The average molecular weight is 426 g/mol. The summed E-state index contributed by atoms with van der Waals surface area (Å²) in [4.78, 5) is 57.8. The molecule has 164 valence electrons. The number of aromatic carboxylic acids is 1. The molecule has 0 aliphatic carbocycles. The van der Waals surface area contributed by atoms with Crippen molar-refractivity contribution in [3.8, 4) is 0 Å². The van der Waals surface area contributed by atoms with Gasteiger partial charge in [0.2, 0.25) is 0 Å². The van der Waals surface area contributed by atoms with Gasteiger partial charge in [0, 0.05) is 13.1 Å². The van der Waals surface area contributed by atoms with E-state index >= 15 is 0 Å². The molecule has 12 nitrogen and oxygen atoms in total. The van der Waals surface area contributed by atoms with Crippen LogP contribution in [0.2, 0.25) is 0 Å². The van der Waals surface area contributed by atoms with Crippen LogP contribution in [-0.4, -0.2) is 104 Å². The number of hydrogen-bond donors (Lipinski definition) is 5. The first-order valence-electron chi connectivity index (χ1n) is 8.66. The summed E-state index contributed by atoms with van der Waals surface area (Å²) in [7, 11) is 0. The number of benzene rings is 1. The number of carboxylic acid groups (broad SMARTS) is 5. The van der Waals surface area contributed by atoms with E-state index in [1.807, 2.05) is 0 Å². The molecule has 12 heteroatoms. The molecule has 0 heterocycles. The fraction of sp³-hybridized carbons (Fsp3) is 0.389. The first-order valence-corrected chi connectivity index (χ1v) is 8.66. The number of carboxylic acids is 5. The van der Waals surface area contributed by atoms with Gasteiger partial charge in [-0.25, -0.2) is 4.79 Å². The van der Waals surface area contributed by atoms with Gasteiger partial charge in [-0.3, -0.25) is 29.0 Å². The van der Waals surface area contributed by atoms with Crippen LogP contribution >= 0.6 is 0 Å². The van der Waals surface area contributed by atoms with E-state index < -0.39 is 55.5 Å². The van der Waals surface area contributed by atoms with Crippen molar-refractivity contribution < 1.29 is 49.5 Å². The number of hydrogen-bond acceptors (Lipinski definition) is 7. The summed E-state index contributed by atoms with van der Waals surface area (Å²) in [5.41, 5.74) is 0.460. The van der Waals surface area contributed by atoms with Gasteiger partial charge in [0.1, 0.15) is 6.04 Å². The van der Waals surface area contributed by atoms with Crippen LogP contribution in [0, 0.1) is 0 Å². The summed E-state index contributed by atoms with van der Waals surface area (Å²) in [6, 6.07) is 4.10. The Labute approximate surface area is 170 Å². The zero-order valence-electron chi connectivity index (χ0n) is 15.8. The second-order valence-electron chi connectivity index (χ2n) is 6.42. The zero-order valence-corrected chi connectivity index (χ0v) is 15.8. The lowest BCUT2D eigenvalue weighted by atomic mass is 10.0. The lowest BCUT2D eigenvalue weighted by Gasteiger charge is -2.29. The van der Waals surface area contributed by atoms with Crippen LogP contribution in [0.25, 0.3) is 0 Å². The maximum atomic E-state index is 11.8. The van der Waals surface area contributed by atoms with Gasteiger partial charge in [-0.1, -0.05) is 12.1 Å². The highest BCUT2D eigenvalue weighted by Gasteiger charge is 2.28. The summed E-state index contributed by atoms with van der Waals surface area (Å²) in [6.07, 6.45) is -0.139. The lowest BCUT2D eigenvalue weighted by molar-refractivity contribution is -0.148. The van der Waals surface area contributed by atoms with Crippen LogP contribution in [0.15, 0.2) is 24.3 Å². The van der Waals surface area contributed by atoms with Gasteiger partial charge in [0.05, 0.1) is 25.2 Å². The molecule has 0 spiro atoms. The van der Waals surface area contributed by atoms with Crippen molar-refractivity contribution in [1.29, 1.82) is 0 Å². The number of rotatable bonds is 14. The van der Waals surface area contributed by atoms with E-state index in [1.54, 1.807) is 0 Å². The van der Waals surface area contributed by atoms with Gasteiger partial charge < -0.3 is 25.5 Å². The van der Waals surface area contributed by atoms with Crippen LogP contribution in [0.3, 0.4) is 0 Å². The Bertz CT molecular complexity index is 777. The third-order valence-corrected chi connectivity index (χ3v) is 4.12. The number of aliphatic carboxylic acids is 4. The van der Waals surface area contributed by atoms with Crippen LogP contribution < -0.4 is 0 Å². The van der Waals surface area contributed by atoms with Crippen molar-refractivity contribution in [2.24, 2.45) is 0 Å². The van der Waals surface area contributed by atoms with Crippen molar-refractivity contribution in [2.75, 3.05) is 32.7 Å². The highest BCUT2D eigenvalue weighted by atomic mass is 16.4. The van der Waals surface area contributed by atoms with Crippen molar-refractivity contribution in [2.45, 2.75) is 12.5 Å². The summed E-state index contributed by atoms with van der Waals surface area (Å²) in [6.45, 7) is -2.29. The van der Waals surface area contributed by atoms with Gasteiger partial charge in [-0.2, -0.15) is 0 Å². The van der Waals surface area contributed by atoms with E-state index in [-0.39, 0.29) is 25.1 Å². The third-order valence-electron chi connectivity index (χ3n) is 4.12. The molecule has 0 aliphatic heterocycles. The molecule has 0 aromatic heterocycles. The Balaban J connectivity index is 3.00. The topological polar surface area (TPSA) is 193 Å². The molecule has 0 fully saturated rings. The fourth-order valence-corrected chi connectivity index (χ4v) is 2.76. The molecule has 1 aromatic carbocycles. The Hall–Kier alpha value is -3.51. The molecule has 0 saturated heterocycles. The molecular weight excluding hydrogens is 404 g/mol. The maximum Gasteiger partial charge on any atom is 0.335 e. The summed E-state index contributed by atoms with van der Waals surface area (Å²) < 4.78 is 0. The molecule has 1 atom stereocenters. The van der Waals surface area contributed by atoms with E-state index in [2.05, 4.69) is 0 Å². The molecule has 0 radical (unpaired) electrons. The van der Waals surface area contributed by atoms with Gasteiger partial charge in [0.25, 0.3) is 0 Å². The first kappa shape index (κ1) is 24.5. The van der Waals surface area contributed by atoms with Gasteiger partial charge in [-0.15, -0.1) is 0 Å². The smallest absolute Gasteiger partial charge is 0.335 e. The average Bonchev–Trinajstić information content (AvgIpc) is 2.62. The monoisotopic (exact) mass is 426 g/mol. The molecule has 0 amide bonds. The molecule has 30 heavy (non-hydrogen) atoms. The molecule has 0 bridgehead atoms. The van der Waals surface area contributed by atoms with Crippen LogP contribution in [-0.2, 0) is 25.6 Å². The van der Waals surface area contributed by atoms with E-state index in [0.717, 1.165) is 9.80 Å². The van der Waals surface area contributed by atoms with E-state index in [1.165, 1.54) is 24.3 Å². The number of carbonyl (C=O) groups is 5. The summed E-state index contributed by atoms with van der Waals surface area (Å²) in [5.74, 6) is -6.36. The molecule has 1 aromatic rings. The minimum absolute atomic E-state index is 0.00556. The summed E-state index contributed by atoms with van der Waals surface area (Å²) in [5, 5.41) is 45.4. The second kappa shape index (κ2) is 11.5. The largest absolute Gasteiger partial charge is 0.480 e. The van der Waals surface area contributed by atoms with Crippen molar-refractivity contribution in [3.63, 3.8) is 0 Å². The maximum absolute atomic E-state index is 11.8. The molecular formula is C18H22N2O10. The molecule has 0 aliphatic rings. The SMILES string of the molecule is O=C(O)CN(CCN(CC(=O)O)C(Cc1ccc(C(=O)O)cc1)C(=O)O)CC(=O)O. The Morgan fingerprint density at radius 2 is 1.23 bits per heavy atom. The standard InChI is InChI=1S/C18H22N2O10/c21-14(22)8-19(9-15(23)24)5-6-20(10-16(25)26)13(18(29)30)7-11-1-3-12(4-2-11)17(27)28/h1-4,13H,5-10H2,(H,21,22)(H,23,24)(H,25,26)(H,27,28)(H,29,30). The highest BCUT2D eigenvalue weighted by molar-refractivity contribution is 5.87. The van der Waals surface area contributed by atoms with Crippen molar-refractivity contribution in [1.82, 2.24) is 9.80 Å². The normalized spacial score (nSPS) is 11.9. The first-order chi connectivity index (χ1) is 14.0. The lowest BCUT2D eigenvalue weighted by Crippen LogP contribution is -2.49. The van der Waals surface area contributed by atoms with E-state index in [4.69, 9.17) is 20.4 Å². The third kappa shape index (κ3) is 8.67. The van der Waals surface area contributed by atoms with Crippen LogP contribution in [0.5, 0.6) is 0 Å². The second-order valence-corrected chi connectivity index (χ2v) is 6.42. The minimum atomic E-state index is -1.33. The van der Waals surface area contributed by atoms with E-state index in [0.29, 0.717) is 5.56 Å². The zero-order chi connectivity index (χ0) is 22.8. The Morgan fingerprint density at radius 1 is 0.733 bits per heavy atom. The van der Waals surface area contributed by atoms with Crippen molar-refractivity contribution >= 4 is 29.8 Å². The molecule has 5 N–H and O–H groups in total. The summed E-state index contributed by atoms with van der Waals surface area (Å²) >= 11 is 0. The predicted molar refractivity (Wildman–Crippen MR) is 99.4 cm³/mol. The Kier molecular flexibility index (Phi) is 9.39. The van der Waals surface area contributed by atoms with Crippen molar-refractivity contribution in [3.05, 3.63) is 35.4 Å². The van der Waals surface area contributed by atoms with Gasteiger partial charge in [0.15, 0.2) is 0 Å². The van der Waals surface area contributed by atoms with E-state index in [9.17, 15) is 29.1 Å². The molecule has 1 rings (SSSR count). The molecule has 1 unspecified atom stereocenters. The fourth-order valence-electron chi connectivity index (χ4n) is 2.76. The molecule has 0 saturated carbocycles. The number of nitrogens with zero attached hydrogens (tertiary/aromatic N) is 2. The van der Waals surface area contributed by atoms with Gasteiger partial charge in [-0.05, 0) is 24.1 Å². The predicted octanol–water partition coefficient (Wildman–Crippen LogP) is -0.762. The Morgan fingerprint density at radius 3 is 1.63 bits per heavy atom. The van der Waals surface area contributed by atoms with Crippen LogP contribution in [0.1, 0.15) is 15.9 Å². The quantitative estimate of drug-likeness (QED) is 0.250. The van der Waals surface area contributed by atoms with Crippen LogP contribution in [0.4, 0.5) is 0 Å². The van der Waals surface area contributed by atoms with Gasteiger partial charge >= 0.3 is 29.8 Å².